The number of furan rings is 1. The van der Waals surface area contributed by atoms with Crippen molar-refractivity contribution in [1.82, 2.24) is 5.32 Å². The van der Waals surface area contributed by atoms with Gasteiger partial charge in [-0.05, 0) is 24.6 Å². The smallest absolute Gasteiger partial charge is 0.287 e. The number of aliphatic hydroxyl groups excluding tert-OH is 1. The minimum atomic E-state index is -0.427. The molecule has 2 aromatic rings. The predicted molar refractivity (Wildman–Crippen MR) is 67.2 cm³/mol. The van der Waals surface area contributed by atoms with Gasteiger partial charge in [0.15, 0.2) is 5.76 Å². The number of benzene rings is 1. The van der Waals surface area contributed by atoms with Crippen LogP contribution in [0.2, 0.25) is 0 Å². The van der Waals surface area contributed by atoms with Crippen molar-refractivity contribution in [2.75, 3.05) is 6.61 Å². The number of carbonyl (C=O) groups is 1. The molecular formula is C14H15NO3. The third-order valence-corrected chi connectivity index (χ3v) is 2.65. The third-order valence-electron chi connectivity index (χ3n) is 2.65. The molecule has 2 N–H and O–H groups in total. The molecule has 1 aromatic carbocycles. The van der Waals surface area contributed by atoms with Crippen molar-refractivity contribution in [3.05, 3.63) is 59.5 Å². The van der Waals surface area contributed by atoms with Gasteiger partial charge in [0.05, 0.1) is 12.6 Å². The lowest BCUT2D eigenvalue weighted by Crippen LogP contribution is -2.30. The average Bonchev–Trinajstić information content (AvgIpc) is 2.83. The van der Waals surface area contributed by atoms with Gasteiger partial charge in [-0.15, -0.1) is 0 Å². The molecule has 0 spiro atoms. The van der Waals surface area contributed by atoms with Crippen LogP contribution >= 0.6 is 0 Å². The Morgan fingerprint density at radius 3 is 2.56 bits per heavy atom. The zero-order valence-corrected chi connectivity index (χ0v) is 10.1. The highest BCUT2D eigenvalue weighted by Crippen LogP contribution is 2.13. The van der Waals surface area contributed by atoms with E-state index in [2.05, 4.69) is 5.32 Å². The summed E-state index contributed by atoms with van der Waals surface area (Å²) in [7, 11) is 0. The van der Waals surface area contributed by atoms with Crippen LogP contribution in [0.25, 0.3) is 0 Å². The number of hydrogen-bond donors (Lipinski definition) is 2. The summed E-state index contributed by atoms with van der Waals surface area (Å²) in [5.41, 5.74) is 0.858. The van der Waals surface area contributed by atoms with Gasteiger partial charge in [0.25, 0.3) is 5.91 Å². The third kappa shape index (κ3) is 2.78. The molecule has 1 heterocycles. The van der Waals surface area contributed by atoms with Crippen LogP contribution in [0.15, 0.2) is 46.9 Å². The molecule has 0 bridgehead atoms. The Labute approximate surface area is 105 Å². The van der Waals surface area contributed by atoms with Crippen molar-refractivity contribution in [3.8, 4) is 0 Å². The second kappa shape index (κ2) is 5.51. The lowest BCUT2D eigenvalue weighted by Gasteiger charge is -2.15. The minimum absolute atomic E-state index is 0.157. The van der Waals surface area contributed by atoms with Gasteiger partial charge in [0.2, 0.25) is 0 Å². The van der Waals surface area contributed by atoms with E-state index < -0.39 is 6.04 Å². The molecule has 94 valence electrons. The summed E-state index contributed by atoms with van der Waals surface area (Å²) in [6, 6.07) is 12.2. The number of aryl methyl sites for hydroxylation is 1. The van der Waals surface area contributed by atoms with Gasteiger partial charge in [-0.1, -0.05) is 30.3 Å². The maximum atomic E-state index is 11.9. The maximum Gasteiger partial charge on any atom is 0.287 e. The molecule has 0 saturated carbocycles. The predicted octanol–water partition coefficient (Wildman–Crippen LogP) is 2.05. The molecule has 1 amide bonds. The fourth-order valence-corrected chi connectivity index (χ4v) is 1.71. The summed E-state index contributed by atoms with van der Waals surface area (Å²) in [5.74, 6) is 0.605. The second-order valence-electron chi connectivity index (χ2n) is 4.03. The van der Waals surface area contributed by atoms with E-state index in [0.29, 0.717) is 5.76 Å². The molecule has 0 fully saturated rings. The summed E-state index contributed by atoms with van der Waals surface area (Å²) >= 11 is 0. The van der Waals surface area contributed by atoms with Gasteiger partial charge in [-0.2, -0.15) is 0 Å². The molecule has 0 unspecified atom stereocenters. The fourth-order valence-electron chi connectivity index (χ4n) is 1.71. The minimum Gasteiger partial charge on any atom is -0.456 e. The van der Waals surface area contributed by atoms with Gasteiger partial charge in [-0.3, -0.25) is 4.79 Å². The zero-order valence-electron chi connectivity index (χ0n) is 10.1. The molecule has 1 aromatic heterocycles. The van der Waals surface area contributed by atoms with Gasteiger partial charge in [0.1, 0.15) is 5.76 Å². The standard InChI is InChI=1S/C14H15NO3/c1-10-7-8-13(18-10)14(17)15-12(9-16)11-5-3-2-4-6-11/h2-8,12,16H,9H2,1H3,(H,15,17)/t12-/m1/s1. The van der Waals surface area contributed by atoms with Crippen molar-refractivity contribution in [2.45, 2.75) is 13.0 Å². The first kappa shape index (κ1) is 12.4. The molecule has 0 aliphatic rings. The highest BCUT2D eigenvalue weighted by atomic mass is 16.3. The number of amides is 1. The van der Waals surface area contributed by atoms with Crippen molar-refractivity contribution >= 4 is 5.91 Å². The van der Waals surface area contributed by atoms with Gasteiger partial charge in [0, 0.05) is 0 Å². The van der Waals surface area contributed by atoms with Crippen molar-refractivity contribution in [3.63, 3.8) is 0 Å². The van der Waals surface area contributed by atoms with Gasteiger partial charge >= 0.3 is 0 Å². The summed E-state index contributed by atoms with van der Waals surface area (Å²) < 4.78 is 5.23. The summed E-state index contributed by atoms with van der Waals surface area (Å²) in [6.45, 7) is 1.62. The van der Waals surface area contributed by atoms with E-state index in [-0.39, 0.29) is 18.3 Å². The molecule has 4 nitrogen and oxygen atoms in total. The molecule has 0 saturated heterocycles. The quantitative estimate of drug-likeness (QED) is 0.866. The van der Waals surface area contributed by atoms with Crippen LogP contribution in [-0.2, 0) is 0 Å². The Bertz CT molecular complexity index is 519. The average molecular weight is 245 g/mol. The van der Waals surface area contributed by atoms with E-state index in [1.807, 2.05) is 30.3 Å². The highest BCUT2D eigenvalue weighted by molar-refractivity contribution is 5.91. The molecule has 4 heteroatoms. The Hall–Kier alpha value is -2.07. The van der Waals surface area contributed by atoms with Crippen LogP contribution in [0.4, 0.5) is 0 Å². The van der Waals surface area contributed by atoms with Crippen LogP contribution in [0, 0.1) is 6.92 Å². The van der Waals surface area contributed by atoms with Crippen molar-refractivity contribution in [2.24, 2.45) is 0 Å². The SMILES string of the molecule is Cc1ccc(C(=O)N[C@H](CO)c2ccccc2)o1. The van der Waals surface area contributed by atoms with Crippen LogP contribution in [0.5, 0.6) is 0 Å². The van der Waals surface area contributed by atoms with Crippen LogP contribution < -0.4 is 5.32 Å². The lowest BCUT2D eigenvalue weighted by molar-refractivity contribution is 0.0887. The van der Waals surface area contributed by atoms with Crippen LogP contribution in [0.3, 0.4) is 0 Å². The Morgan fingerprint density at radius 1 is 1.28 bits per heavy atom. The first-order valence-corrected chi connectivity index (χ1v) is 5.74. The Kier molecular flexibility index (Phi) is 3.79. The molecule has 2 rings (SSSR count). The van der Waals surface area contributed by atoms with Crippen LogP contribution in [-0.4, -0.2) is 17.6 Å². The van der Waals surface area contributed by atoms with Gasteiger partial charge < -0.3 is 14.8 Å². The van der Waals surface area contributed by atoms with E-state index >= 15 is 0 Å². The molecule has 18 heavy (non-hydrogen) atoms. The molecule has 0 aliphatic heterocycles. The van der Waals surface area contributed by atoms with Crippen molar-refractivity contribution in [1.29, 1.82) is 0 Å². The first-order chi connectivity index (χ1) is 8.70. The Balaban J connectivity index is 2.10. The summed E-state index contributed by atoms with van der Waals surface area (Å²) in [4.78, 5) is 11.9. The van der Waals surface area contributed by atoms with E-state index in [1.165, 1.54) is 0 Å². The number of carbonyl (C=O) groups excluding carboxylic acids is 1. The molecule has 0 aliphatic carbocycles. The number of rotatable bonds is 4. The number of hydrogen-bond acceptors (Lipinski definition) is 3. The maximum absolute atomic E-state index is 11.9. The summed E-state index contributed by atoms with van der Waals surface area (Å²) in [6.07, 6.45) is 0. The second-order valence-corrected chi connectivity index (χ2v) is 4.03. The van der Waals surface area contributed by atoms with Gasteiger partial charge in [-0.25, -0.2) is 0 Å². The van der Waals surface area contributed by atoms with Crippen LogP contribution in [0.1, 0.15) is 27.9 Å². The van der Waals surface area contributed by atoms with E-state index in [4.69, 9.17) is 4.42 Å². The van der Waals surface area contributed by atoms with E-state index in [0.717, 1.165) is 5.56 Å². The molecule has 0 radical (unpaired) electrons. The largest absolute Gasteiger partial charge is 0.456 e. The summed E-state index contributed by atoms with van der Waals surface area (Å²) in [5, 5.41) is 12.1. The lowest BCUT2D eigenvalue weighted by atomic mass is 10.1. The zero-order chi connectivity index (χ0) is 13.0. The van der Waals surface area contributed by atoms with E-state index in [9.17, 15) is 9.90 Å². The number of nitrogens with one attached hydrogen (secondary N) is 1. The Morgan fingerprint density at radius 2 is 2.00 bits per heavy atom. The topological polar surface area (TPSA) is 62.5 Å². The number of aliphatic hydroxyl groups is 1. The first-order valence-electron chi connectivity index (χ1n) is 5.74. The van der Waals surface area contributed by atoms with Crippen molar-refractivity contribution < 1.29 is 14.3 Å². The fraction of sp³-hybridized carbons (Fsp3) is 0.214. The molecular weight excluding hydrogens is 230 g/mol. The highest BCUT2D eigenvalue weighted by Gasteiger charge is 2.16. The molecule has 1 atom stereocenters. The normalized spacial score (nSPS) is 12.1. The van der Waals surface area contributed by atoms with E-state index in [1.54, 1.807) is 19.1 Å². The monoisotopic (exact) mass is 245 g/mol.